The summed E-state index contributed by atoms with van der Waals surface area (Å²) < 4.78 is 2.24. The number of piperazine rings is 1. The van der Waals surface area contributed by atoms with E-state index in [9.17, 15) is 14.4 Å². The normalized spacial score (nSPS) is 20.3. The van der Waals surface area contributed by atoms with E-state index in [0.29, 0.717) is 18.5 Å². The number of amides is 3. The van der Waals surface area contributed by atoms with Crippen molar-refractivity contribution in [2.45, 2.75) is 44.7 Å². The molecule has 3 fully saturated rings. The minimum atomic E-state index is -0.581. The van der Waals surface area contributed by atoms with Crippen LogP contribution >= 0.6 is 0 Å². The Bertz CT molecular complexity index is 2180. The maximum Gasteiger partial charge on any atom is 0.255 e. The average Bonchev–Trinajstić information content (AvgIpc) is 3.66. The highest BCUT2D eigenvalue weighted by molar-refractivity contribution is 6.08. The van der Waals surface area contributed by atoms with Gasteiger partial charge in [0.2, 0.25) is 11.8 Å². The Morgan fingerprint density at radius 1 is 0.788 bits per heavy atom. The number of nitrogens with one attached hydrogen (secondary N) is 1. The molecule has 3 aromatic heterocycles. The number of piperidine rings is 2. The maximum absolute atomic E-state index is 13.1. The van der Waals surface area contributed by atoms with Crippen molar-refractivity contribution in [3.63, 3.8) is 0 Å². The number of anilines is 2. The largest absolute Gasteiger partial charge is 0.369 e. The number of carbonyl (C=O) groups excluding carboxylic acids is 3. The number of carbonyl (C=O) groups is 3. The summed E-state index contributed by atoms with van der Waals surface area (Å²) in [5, 5.41) is 4.79. The smallest absolute Gasteiger partial charge is 0.255 e. The van der Waals surface area contributed by atoms with Crippen LogP contribution in [0.1, 0.15) is 48.0 Å². The molecule has 9 rings (SSSR count). The Labute approximate surface area is 303 Å². The van der Waals surface area contributed by atoms with Gasteiger partial charge >= 0.3 is 0 Å². The Hall–Kier alpha value is -5.29. The lowest BCUT2D eigenvalue weighted by Gasteiger charge is -2.38. The molecule has 11 nitrogen and oxygen atoms in total. The molecule has 5 aromatic rings. The Balaban J connectivity index is 0.741. The molecule has 1 atom stereocenters. The van der Waals surface area contributed by atoms with E-state index in [1.165, 1.54) is 46.6 Å². The standard InChI is InChI=1S/C41H44N8O3/c1-45-35-10-14-42-25-34(35)33-5-2-28(23-37(33)45)29-3-8-38(43-24-29)48-16-12-27(13-17-48)11-15-46-18-20-47(21-19-46)31-4-6-32-30(22-31)26-49(41(32)52)36-7-9-39(50)44-40(36)51/h2-6,8,10,14,22-25,27,36H,7,9,11-13,15-21,26H2,1H3,(H,44,50,51). The van der Waals surface area contributed by atoms with Crippen LogP contribution in [-0.4, -0.2) is 93.9 Å². The van der Waals surface area contributed by atoms with Gasteiger partial charge in [0, 0.05) is 111 Å². The second-order valence-corrected chi connectivity index (χ2v) is 14.9. The summed E-state index contributed by atoms with van der Waals surface area (Å²) in [7, 11) is 2.12. The van der Waals surface area contributed by atoms with Gasteiger partial charge in [-0.2, -0.15) is 0 Å². The van der Waals surface area contributed by atoms with E-state index >= 15 is 0 Å². The van der Waals surface area contributed by atoms with Gasteiger partial charge in [-0.3, -0.25) is 29.6 Å². The number of nitrogens with zero attached hydrogens (tertiary/aromatic N) is 7. The first-order chi connectivity index (χ1) is 25.4. The summed E-state index contributed by atoms with van der Waals surface area (Å²) >= 11 is 0. The molecule has 1 N–H and O–H groups in total. The van der Waals surface area contributed by atoms with E-state index in [4.69, 9.17) is 4.98 Å². The van der Waals surface area contributed by atoms with E-state index in [1.807, 2.05) is 30.7 Å². The van der Waals surface area contributed by atoms with Gasteiger partial charge in [-0.05, 0) is 91.7 Å². The number of hydrogen-bond donors (Lipinski definition) is 1. The lowest BCUT2D eigenvalue weighted by molar-refractivity contribution is -0.136. The fourth-order valence-electron chi connectivity index (χ4n) is 8.78. The number of hydrogen-bond acceptors (Lipinski definition) is 8. The molecule has 0 bridgehead atoms. The zero-order valence-corrected chi connectivity index (χ0v) is 29.6. The third-order valence-corrected chi connectivity index (χ3v) is 11.9. The summed E-state index contributed by atoms with van der Waals surface area (Å²) in [5.74, 6) is 1.04. The minimum Gasteiger partial charge on any atom is -0.369 e. The molecule has 0 saturated carbocycles. The van der Waals surface area contributed by atoms with Crippen molar-refractivity contribution in [2.75, 3.05) is 55.6 Å². The van der Waals surface area contributed by atoms with Crippen LogP contribution in [0.5, 0.6) is 0 Å². The molecule has 266 valence electrons. The highest BCUT2D eigenvalue weighted by atomic mass is 16.2. The van der Waals surface area contributed by atoms with E-state index < -0.39 is 6.04 Å². The maximum atomic E-state index is 13.1. The highest BCUT2D eigenvalue weighted by Crippen LogP contribution is 2.33. The van der Waals surface area contributed by atoms with Gasteiger partial charge < -0.3 is 19.3 Å². The molecule has 4 aliphatic rings. The van der Waals surface area contributed by atoms with Crippen LogP contribution in [0, 0.1) is 5.92 Å². The van der Waals surface area contributed by atoms with Gasteiger partial charge in [0.1, 0.15) is 11.9 Å². The van der Waals surface area contributed by atoms with E-state index in [0.717, 1.165) is 74.4 Å². The first-order valence-electron chi connectivity index (χ1n) is 18.7. The molecule has 0 spiro atoms. The molecule has 3 saturated heterocycles. The second kappa shape index (κ2) is 13.4. The first kappa shape index (κ1) is 32.6. The van der Waals surface area contributed by atoms with Gasteiger partial charge in [-0.1, -0.05) is 12.1 Å². The molecule has 1 unspecified atom stereocenters. The van der Waals surface area contributed by atoms with Crippen LogP contribution in [0.4, 0.5) is 11.5 Å². The molecule has 0 radical (unpaired) electrons. The van der Waals surface area contributed by atoms with E-state index in [-0.39, 0.29) is 24.1 Å². The third-order valence-electron chi connectivity index (χ3n) is 11.9. The summed E-state index contributed by atoms with van der Waals surface area (Å²) in [6.07, 6.45) is 10.1. The Morgan fingerprint density at radius 2 is 1.62 bits per heavy atom. The van der Waals surface area contributed by atoms with Crippen LogP contribution in [0.2, 0.25) is 0 Å². The van der Waals surface area contributed by atoms with Gasteiger partial charge in [0.15, 0.2) is 0 Å². The van der Waals surface area contributed by atoms with Crippen LogP contribution < -0.4 is 15.1 Å². The van der Waals surface area contributed by atoms with Crippen molar-refractivity contribution in [1.29, 1.82) is 0 Å². The van der Waals surface area contributed by atoms with E-state index in [1.54, 1.807) is 4.90 Å². The number of fused-ring (bicyclic) bond motifs is 4. The number of imide groups is 1. The van der Waals surface area contributed by atoms with Gasteiger partial charge in [0.25, 0.3) is 5.91 Å². The first-order valence-corrected chi connectivity index (χ1v) is 18.7. The molecule has 11 heteroatoms. The van der Waals surface area contributed by atoms with Crippen molar-refractivity contribution in [3.05, 3.63) is 84.3 Å². The van der Waals surface area contributed by atoms with Crippen LogP contribution in [0.25, 0.3) is 32.9 Å². The predicted molar refractivity (Wildman–Crippen MR) is 202 cm³/mol. The molecular weight excluding hydrogens is 653 g/mol. The van der Waals surface area contributed by atoms with Gasteiger partial charge in [-0.15, -0.1) is 0 Å². The second-order valence-electron chi connectivity index (χ2n) is 14.9. The average molecular weight is 697 g/mol. The minimum absolute atomic E-state index is 0.120. The van der Waals surface area contributed by atoms with Crippen LogP contribution in [-0.2, 0) is 23.2 Å². The molecular formula is C41H44N8O3. The number of pyridine rings is 2. The lowest BCUT2D eigenvalue weighted by Crippen LogP contribution is -2.52. The number of aromatic nitrogens is 3. The SMILES string of the molecule is Cn1c2ccncc2c2ccc(-c3ccc(N4CCC(CCN5CCN(c6ccc7c(c6)CN(C6CCC(=O)NC6=O)C7=O)CC5)CC4)nc3)cc21. The van der Waals surface area contributed by atoms with Gasteiger partial charge in [0.05, 0.1) is 5.52 Å². The zero-order chi connectivity index (χ0) is 35.3. The molecule has 7 heterocycles. The van der Waals surface area contributed by atoms with Crippen molar-refractivity contribution in [3.8, 4) is 11.1 Å². The summed E-state index contributed by atoms with van der Waals surface area (Å²) in [6.45, 7) is 7.59. The van der Waals surface area contributed by atoms with Crippen molar-refractivity contribution in [2.24, 2.45) is 13.0 Å². The molecule has 2 aromatic carbocycles. The molecule has 4 aliphatic heterocycles. The Morgan fingerprint density at radius 3 is 2.40 bits per heavy atom. The van der Waals surface area contributed by atoms with Crippen molar-refractivity contribution < 1.29 is 14.4 Å². The number of aryl methyl sites for hydroxylation is 1. The zero-order valence-electron chi connectivity index (χ0n) is 29.6. The molecule has 0 aliphatic carbocycles. The number of rotatable bonds is 7. The van der Waals surface area contributed by atoms with Crippen LogP contribution in [0.15, 0.2) is 73.2 Å². The lowest BCUT2D eigenvalue weighted by atomic mass is 9.93. The quantitative estimate of drug-likeness (QED) is 0.238. The van der Waals surface area contributed by atoms with Crippen molar-refractivity contribution in [1.82, 2.24) is 29.7 Å². The summed E-state index contributed by atoms with van der Waals surface area (Å²) in [4.78, 5) is 55.4. The number of benzene rings is 2. The van der Waals surface area contributed by atoms with E-state index in [2.05, 4.69) is 79.1 Å². The molecule has 52 heavy (non-hydrogen) atoms. The Kier molecular flexibility index (Phi) is 8.38. The predicted octanol–water partition coefficient (Wildman–Crippen LogP) is 4.98. The van der Waals surface area contributed by atoms with Gasteiger partial charge in [-0.25, -0.2) is 4.98 Å². The monoisotopic (exact) mass is 696 g/mol. The third kappa shape index (κ3) is 5.96. The summed E-state index contributed by atoms with van der Waals surface area (Å²) in [6, 6.07) is 18.6. The fraction of sp³-hybridized carbons (Fsp3) is 0.390. The highest BCUT2D eigenvalue weighted by Gasteiger charge is 2.39. The topological polar surface area (TPSA) is 107 Å². The molecule has 3 amide bonds. The fourth-order valence-corrected chi connectivity index (χ4v) is 8.78. The van der Waals surface area contributed by atoms with Crippen molar-refractivity contribution >= 4 is 51.0 Å². The summed E-state index contributed by atoms with van der Waals surface area (Å²) in [5.41, 5.74) is 7.46. The van der Waals surface area contributed by atoms with Crippen LogP contribution in [0.3, 0.4) is 0 Å².